The number of thioether (sulfide) groups is 1. The zero-order valence-electron chi connectivity index (χ0n) is 16.9. The van der Waals surface area contributed by atoms with Crippen molar-refractivity contribution in [3.63, 3.8) is 0 Å². The van der Waals surface area contributed by atoms with Gasteiger partial charge >= 0.3 is 0 Å². The Bertz CT molecular complexity index is 802. The number of benzene rings is 1. The molecular formula is C19H27N5O3S. The molecule has 0 aliphatic carbocycles. The Hall–Kier alpha value is -2.55. The van der Waals surface area contributed by atoms with Gasteiger partial charge in [0.05, 0.1) is 19.4 Å². The van der Waals surface area contributed by atoms with Crippen molar-refractivity contribution in [1.29, 1.82) is 0 Å². The Morgan fingerprint density at radius 2 is 1.79 bits per heavy atom. The monoisotopic (exact) mass is 405 g/mol. The van der Waals surface area contributed by atoms with Gasteiger partial charge in [0.15, 0.2) is 11.0 Å². The highest BCUT2D eigenvalue weighted by Crippen LogP contribution is 2.28. The third kappa shape index (κ3) is 5.98. The van der Waals surface area contributed by atoms with E-state index in [9.17, 15) is 9.59 Å². The van der Waals surface area contributed by atoms with Crippen LogP contribution >= 0.6 is 11.8 Å². The van der Waals surface area contributed by atoms with Crippen LogP contribution in [0.1, 0.15) is 33.7 Å². The van der Waals surface area contributed by atoms with E-state index >= 15 is 0 Å². The topological polar surface area (TPSA) is 98.1 Å². The van der Waals surface area contributed by atoms with Crippen molar-refractivity contribution in [2.24, 2.45) is 0 Å². The van der Waals surface area contributed by atoms with Gasteiger partial charge < -0.3 is 15.4 Å². The average molecular weight is 406 g/mol. The lowest BCUT2D eigenvalue weighted by molar-refractivity contribution is -0.125. The third-order valence-electron chi connectivity index (χ3n) is 3.76. The van der Waals surface area contributed by atoms with E-state index in [4.69, 9.17) is 4.74 Å². The van der Waals surface area contributed by atoms with Crippen molar-refractivity contribution in [3.05, 3.63) is 24.3 Å². The van der Waals surface area contributed by atoms with Crippen molar-refractivity contribution in [2.75, 3.05) is 19.4 Å². The molecule has 2 rings (SSSR count). The molecule has 152 valence electrons. The van der Waals surface area contributed by atoms with E-state index in [1.165, 1.54) is 11.8 Å². The summed E-state index contributed by atoms with van der Waals surface area (Å²) in [4.78, 5) is 23.7. The van der Waals surface area contributed by atoms with Crippen molar-refractivity contribution >= 4 is 23.6 Å². The van der Waals surface area contributed by atoms with Gasteiger partial charge in [-0.2, -0.15) is 0 Å². The number of hydrogen-bond acceptors (Lipinski definition) is 6. The number of amides is 2. The molecule has 8 nitrogen and oxygen atoms in total. The SMILES string of the molecule is COc1ccc(-c2nnc(SCC(=O)NCC(=O)NC(C)C)n2C(C)C)cc1. The van der Waals surface area contributed by atoms with E-state index in [0.717, 1.165) is 17.1 Å². The van der Waals surface area contributed by atoms with Gasteiger partial charge in [-0.25, -0.2) is 0 Å². The van der Waals surface area contributed by atoms with Gasteiger partial charge in [0.1, 0.15) is 5.75 Å². The molecule has 0 saturated heterocycles. The predicted octanol–water partition coefficient (Wildman–Crippen LogP) is 2.27. The van der Waals surface area contributed by atoms with Crippen LogP contribution in [0.5, 0.6) is 5.75 Å². The summed E-state index contributed by atoms with van der Waals surface area (Å²) in [6.45, 7) is 7.78. The number of carbonyl (C=O) groups excluding carboxylic acids is 2. The predicted molar refractivity (Wildman–Crippen MR) is 109 cm³/mol. The number of carbonyl (C=O) groups is 2. The minimum absolute atomic E-state index is 0.0362. The van der Waals surface area contributed by atoms with E-state index in [1.807, 2.05) is 56.5 Å². The summed E-state index contributed by atoms with van der Waals surface area (Å²) in [5.74, 6) is 1.22. The van der Waals surface area contributed by atoms with E-state index in [0.29, 0.717) is 5.16 Å². The van der Waals surface area contributed by atoms with Crippen LogP contribution in [0.4, 0.5) is 0 Å². The molecule has 0 bridgehead atoms. The van der Waals surface area contributed by atoms with Gasteiger partial charge in [-0.15, -0.1) is 10.2 Å². The van der Waals surface area contributed by atoms with Crippen molar-refractivity contribution in [2.45, 2.75) is 44.9 Å². The van der Waals surface area contributed by atoms with E-state index in [1.54, 1.807) is 7.11 Å². The molecule has 2 aromatic rings. The highest BCUT2D eigenvalue weighted by Gasteiger charge is 2.18. The van der Waals surface area contributed by atoms with E-state index in [2.05, 4.69) is 20.8 Å². The summed E-state index contributed by atoms with van der Waals surface area (Å²) in [7, 11) is 1.62. The fourth-order valence-electron chi connectivity index (χ4n) is 2.51. The fourth-order valence-corrected chi connectivity index (χ4v) is 3.41. The number of aromatic nitrogens is 3. The lowest BCUT2D eigenvalue weighted by Gasteiger charge is -2.14. The van der Waals surface area contributed by atoms with Gasteiger partial charge in [-0.1, -0.05) is 11.8 Å². The van der Waals surface area contributed by atoms with Crippen LogP contribution in [0.25, 0.3) is 11.4 Å². The summed E-state index contributed by atoms with van der Waals surface area (Å²) in [6.07, 6.45) is 0. The van der Waals surface area contributed by atoms with Gasteiger partial charge in [0.25, 0.3) is 0 Å². The van der Waals surface area contributed by atoms with Crippen molar-refractivity contribution in [1.82, 2.24) is 25.4 Å². The second-order valence-corrected chi connectivity index (χ2v) is 7.73. The molecule has 9 heteroatoms. The summed E-state index contributed by atoms with van der Waals surface area (Å²) >= 11 is 1.29. The summed E-state index contributed by atoms with van der Waals surface area (Å²) in [6, 6.07) is 7.76. The van der Waals surface area contributed by atoms with Crippen molar-refractivity contribution in [3.8, 4) is 17.1 Å². The van der Waals surface area contributed by atoms with Gasteiger partial charge in [0.2, 0.25) is 11.8 Å². The van der Waals surface area contributed by atoms with Gasteiger partial charge in [-0.05, 0) is 52.0 Å². The standard InChI is InChI=1S/C19H27N5O3S/c1-12(2)21-16(25)10-20-17(26)11-28-19-23-22-18(24(19)13(3)4)14-6-8-15(27-5)9-7-14/h6-9,12-13H,10-11H2,1-5H3,(H,20,26)(H,21,25). The first-order valence-electron chi connectivity index (χ1n) is 9.10. The Balaban J connectivity index is 2.02. The second kappa shape index (κ2) is 10.1. The van der Waals surface area contributed by atoms with Crippen molar-refractivity contribution < 1.29 is 14.3 Å². The third-order valence-corrected chi connectivity index (χ3v) is 4.70. The number of ether oxygens (including phenoxy) is 1. The second-order valence-electron chi connectivity index (χ2n) is 6.79. The Kier molecular flexibility index (Phi) is 7.86. The molecule has 1 aromatic carbocycles. The molecule has 0 fully saturated rings. The molecule has 0 atom stereocenters. The normalized spacial score (nSPS) is 11.0. The quantitative estimate of drug-likeness (QED) is 0.621. The maximum Gasteiger partial charge on any atom is 0.239 e. The Morgan fingerprint density at radius 1 is 1.11 bits per heavy atom. The molecule has 1 aromatic heterocycles. The van der Waals surface area contributed by atoms with Crippen LogP contribution in [0.15, 0.2) is 29.4 Å². The number of nitrogens with zero attached hydrogens (tertiary/aromatic N) is 3. The summed E-state index contributed by atoms with van der Waals surface area (Å²) in [5.41, 5.74) is 0.920. The van der Waals surface area contributed by atoms with E-state index in [-0.39, 0.29) is 36.2 Å². The first-order valence-corrected chi connectivity index (χ1v) is 10.1. The molecule has 0 aliphatic rings. The molecule has 1 heterocycles. The zero-order chi connectivity index (χ0) is 20.7. The number of hydrogen-bond donors (Lipinski definition) is 2. The Morgan fingerprint density at radius 3 is 2.36 bits per heavy atom. The maximum atomic E-state index is 12.1. The smallest absolute Gasteiger partial charge is 0.239 e. The first-order chi connectivity index (χ1) is 13.3. The lowest BCUT2D eigenvalue weighted by atomic mass is 10.2. The minimum Gasteiger partial charge on any atom is -0.497 e. The number of nitrogens with one attached hydrogen (secondary N) is 2. The van der Waals surface area contributed by atoms with Gasteiger partial charge in [0, 0.05) is 17.6 Å². The van der Waals surface area contributed by atoms with E-state index < -0.39 is 0 Å². The molecule has 0 spiro atoms. The molecule has 0 aliphatic heterocycles. The average Bonchev–Trinajstić information content (AvgIpc) is 3.08. The molecule has 2 N–H and O–H groups in total. The first kappa shape index (κ1) is 21.7. The number of rotatable bonds is 9. The highest BCUT2D eigenvalue weighted by molar-refractivity contribution is 7.99. The lowest BCUT2D eigenvalue weighted by Crippen LogP contribution is -2.40. The molecule has 2 amide bonds. The van der Waals surface area contributed by atoms with Crippen LogP contribution < -0.4 is 15.4 Å². The number of methoxy groups -OCH3 is 1. The molecule has 0 unspecified atom stereocenters. The maximum absolute atomic E-state index is 12.1. The van der Waals surface area contributed by atoms with Crippen LogP contribution in [-0.2, 0) is 9.59 Å². The molecular weight excluding hydrogens is 378 g/mol. The van der Waals surface area contributed by atoms with Crippen LogP contribution in [0.2, 0.25) is 0 Å². The molecule has 0 radical (unpaired) electrons. The van der Waals surface area contributed by atoms with Crippen LogP contribution in [0, 0.1) is 0 Å². The summed E-state index contributed by atoms with van der Waals surface area (Å²) < 4.78 is 7.19. The highest BCUT2D eigenvalue weighted by atomic mass is 32.2. The zero-order valence-corrected chi connectivity index (χ0v) is 17.7. The Labute approximate surface area is 169 Å². The largest absolute Gasteiger partial charge is 0.497 e. The molecule has 0 saturated carbocycles. The van der Waals surface area contributed by atoms with Crippen LogP contribution in [-0.4, -0.2) is 52.0 Å². The summed E-state index contributed by atoms with van der Waals surface area (Å²) in [5, 5.41) is 14.6. The minimum atomic E-state index is -0.229. The van der Waals surface area contributed by atoms with Crippen LogP contribution in [0.3, 0.4) is 0 Å². The molecule has 28 heavy (non-hydrogen) atoms. The van der Waals surface area contributed by atoms with Gasteiger partial charge in [-0.3, -0.25) is 14.2 Å². The fraction of sp³-hybridized carbons (Fsp3) is 0.474.